The van der Waals surface area contributed by atoms with E-state index in [9.17, 15) is 14.7 Å². The van der Waals surface area contributed by atoms with Gasteiger partial charge in [-0.2, -0.15) is 5.10 Å². The number of nitrogens with one attached hydrogen (secondary N) is 2. The van der Waals surface area contributed by atoms with Gasteiger partial charge in [0.05, 0.1) is 13.3 Å². The number of ether oxygens (including phenoxy) is 1. The lowest BCUT2D eigenvalue weighted by molar-refractivity contribution is -0.117. The molecule has 8 nitrogen and oxygen atoms in total. The van der Waals surface area contributed by atoms with Gasteiger partial charge < -0.3 is 20.1 Å². The lowest BCUT2D eigenvalue weighted by Crippen LogP contribution is -2.32. The molecule has 0 atom stereocenters. The first-order chi connectivity index (χ1) is 16.8. The minimum atomic E-state index is -0.657. The van der Waals surface area contributed by atoms with E-state index in [0.29, 0.717) is 16.1 Å². The molecule has 3 rings (SSSR count). The number of hydrazone groups is 1. The molecule has 3 aromatic carbocycles. The predicted molar refractivity (Wildman–Crippen MR) is 138 cm³/mol. The number of hydrogen-bond donors (Lipinski definition) is 3. The standard InChI is InChI=1S/C26H25ClN4O4/c1-31(2)21-11-9-17(10-12-21)13-22(29-25(33)18-7-5-4-6-8-18)26(34)30-28-16-19-14-20(27)15-23(35-3)24(19)32/h4-16,32H,1-3H3,(H,29,33)(H,30,34). The van der Waals surface area contributed by atoms with Gasteiger partial charge >= 0.3 is 0 Å². The summed E-state index contributed by atoms with van der Waals surface area (Å²) < 4.78 is 5.06. The van der Waals surface area contributed by atoms with E-state index in [2.05, 4.69) is 15.8 Å². The van der Waals surface area contributed by atoms with E-state index in [1.54, 1.807) is 36.4 Å². The van der Waals surface area contributed by atoms with Crippen molar-refractivity contribution in [3.63, 3.8) is 0 Å². The molecule has 9 heteroatoms. The number of carbonyl (C=O) groups excluding carboxylic acids is 2. The van der Waals surface area contributed by atoms with Crippen LogP contribution in [0.25, 0.3) is 6.08 Å². The Hall–Kier alpha value is -4.30. The van der Waals surface area contributed by atoms with Crippen molar-refractivity contribution in [1.82, 2.24) is 10.7 Å². The average molecular weight is 493 g/mol. The van der Waals surface area contributed by atoms with Crippen LogP contribution in [0.2, 0.25) is 5.02 Å². The zero-order valence-electron chi connectivity index (χ0n) is 19.4. The number of carbonyl (C=O) groups is 2. The third-order valence-corrected chi connectivity index (χ3v) is 5.13. The smallest absolute Gasteiger partial charge is 0.287 e. The quantitative estimate of drug-likeness (QED) is 0.250. The van der Waals surface area contributed by atoms with Crippen LogP contribution in [0.3, 0.4) is 0 Å². The molecule has 3 aromatic rings. The lowest BCUT2D eigenvalue weighted by atomic mass is 10.1. The van der Waals surface area contributed by atoms with Crippen LogP contribution in [-0.4, -0.2) is 44.3 Å². The van der Waals surface area contributed by atoms with E-state index in [1.165, 1.54) is 25.5 Å². The number of halogens is 1. The molecule has 0 saturated carbocycles. The molecule has 3 N–H and O–H groups in total. The first-order valence-corrected chi connectivity index (χ1v) is 10.9. The van der Waals surface area contributed by atoms with Crippen molar-refractivity contribution in [2.45, 2.75) is 0 Å². The molecule has 0 bridgehead atoms. The van der Waals surface area contributed by atoms with Gasteiger partial charge in [-0.1, -0.05) is 41.9 Å². The monoisotopic (exact) mass is 492 g/mol. The minimum Gasteiger partial charge on any atom is -0.504 e. The number of hydrogen-bond acceptors (Lipinski definition) is 6. The molecule has 35 heavy (non-hydrogen) atoms. The molecule has 180 valence electrons. The maximum atomic E-state index is 12.9. The number of phenolic OH excluding ortho intramolecular Hbond substituents is 1. The molecule has 0 aliphatic heterocycles. The molecule has 0 radical (unpaired) electrons. The highest BCUT2D eigenvalue weighted by atomic mass is 35.5. The SMILES string of the molecule is COc1cc(Cl)cc(C=NNC(=O)C(=Cc2ccc(N(C)C)cc2)NC(=O)c2ccccc2)c1O. The fourth-order valence-electron chi connectivity index (χ4n) is 3.05. The van der Waals surface area contributed by atoms with Gasteiger partial charge in [-0.15, -0.1) is 0 Å². The summed E-state index contributed by atoms with van der Waals surface area (Å²) in [6.07, 6.45) is 2.77. The van der Waals surface area contributed by atoms with Crippen LogP contribution in [0, 0.1) is 0 Å². The molecule has 0 fully saturated rings. The third-order valence-electron chi connectivity index (χ3n) is 4.91. The minimum absolute atomic E-state index is 0.0125. The van der Waals surface area contributed by atoms with Crippen molar-refractivity contribution in [1.29, 1.82) is 0 Å². The van der Waals surface area contributed by atoms with Gasteiger partial charge in [-0.3, -0.25) is 9.59 Å². The second kappa shape index (κ2) is 11.7. The molecular formula is C26H25ClN4O4. The number of phenols is 1. The Labute approximate surface area is 208 Å². The third kappa shape index (κ3) is 6.84. The van der Waals surface area contributed by atoms with E-state index < -0.39 is 11.8 Å². The maximum Gasteiger partial charge on any atom is 0.287 e. The molecule has 0 saturated heterocycles. The molecule has 0 aliphatic carbocycles. The van der Waals surface area contributed by atoms with Gasteiger partial charge in [-0.05, 0) is 42.0 Å². The number of methoxy groups -OCH3 is 1. The van der Waals surface area contributed by atoms with E-state index in [0.717, 1.165) is 5.69 Å². The summed E-state index contributed by atoms with van der Waals surface area (Å²) in [6.45, 7) is 0. The maximum absolute atomic E-state index is 12.9. The summed E-state index contributed by atoms with van der Waals surface area (Å²) in [4.78, 5) is 27.6. The highest BCUT2D eigenvalue weighted by Gasteiger charge is 2.15. The Bertz CT molecular complexity index is 1260. The highest BCUT2D eigenvalue weighted by molar-refractivity contribution is 6.31. The van der Waals surface area contributed by atoms with Crippen molar-refractivity contribution >= 4 is 41.4 Å². The van der Waals surface area contributed by atoms with Crippen LogP contribution < -0.4 is 20.4 Å². The van der Waals surface area contributed by atoms with Crippen molar-refractivity contribution in [2.75, 3.05) is 26.1 Å². The first-order valence-electron chi connectivity index (χ1n) is 10.5. The van der Waals surface area contributed by atoms with E-state index in [-0.39, 0.29) is 22.8 Å². The van der Waals surface area contributed by atoms with Crippen molar-refractivity contribution in [3.05, 3.63) is 94.1 Å². The average Bonchev–Trinajstić information content (AvgIpc) is 2.86. The van der Waals surface area contributed by atoms with Crippen molar-refractivity contribution in [3.8, 4) is 11.5 Å². The largest absolute Gasteiger partial charge is 0.504 e. The van der Waals surface area contributed by atoms with Gasteiger partial charge in [0.1, 0.15) is 5.70 Å². The Morgan fingerprint density at radius 2 is 1.74 bits per heavy atom. The molecule has 2 amide bonds. The van der Waals surface area contributed by atoms with E-state index >= 15 is 0 Å². The van der Waals surface area contributed by atoms with Gasteiger partial charge in [0.25, 0.3) is 11.8 Å². The molecule has 0 heterocycles. The lowest BCUT2D eigenvalue weighted by Gasteiger charge is -2.13. The summed E-state index contributed by atoms with van der Waals surface area (Å²) >= 11 is 6.03. The van der Waals surface area contributed by atoms with Crippen LogP contribution in [0.1, 0.15) is 21.5 Å². The summed E-state index contributed by atoms with van der Waals surface area (Å²) in [7, 11) is 5.25. The zero-order valence-corrected chi connectivity index (χ0v) is 20.2. The number of rotatable bonds is 8. The Kier molecular flexibility index (Phi) is 8.48. The fraction of sp³-hybridized carbons (Fsp3) is 0.115. The van der Waals surface area contributed by atoms with Gasteiger partial charge in [0.2, 0.25) is 0 Å². The molecule has 0 aliphatic rings. The van der Waals surface area contributed by atoms with Crippen LogP contribution in [0.5, 0.6) is 11.5 Å². The highest BCUT2D eigenvalue weighted by Crippen LogP contribution is 2.32. The summed E-state index contributed by atoms with van der Waals surface area (Å²) in [5.74, 6) is -1.11. The topological polar surface area (TPSA) is 103 Å². The van der Waals surface area contributed by atoms with Gasteiger partial charge in [0.15, 0.2) is 11.5 Å². The fourth-order valence-corrected chi connectivity index (χ4v) is 3.26. The van der Waals surface area contributed by atoms with Crippen LogP contribution in [0.15, 0.2) is 77.5 Å². The van der Waals surface area contributed by atoms with Crippen molar-refractivity contribution < 1.29 is 19.4 Å². The Morgan fingerprint density at radius 1 is 1.06 bits per heavy atom. The number of amides is 2. The second-order valence-corrected chi connectivity index (χ2v) is 8.05. The number of aromatic hydroxyl groups is 1. The molecule has 0 unspecified atom stereocenters. The van der Waals surface area contributed by atoms with Crippen LogP contribution in [0.4, 0.5) is 5.69 Å². The Balaban J connectivity index is 1.85. The zero-order chi connectivity index (χ0) is 25.4. The number of anilines is 1. The van der Waals surface area contributed by atoms with Crippen LogP contribution in [-0.2, 0) is 4.79 Å². The molecule has 0 aromatic heterocycles. The normalized spacial score (nSPS) is 11.3. The van der Waals surface area contributed by atoms with E-state index in [1.807, 2.05) is 43.3 Å². The second-order valence-electron chi connectivity index (χ2n) is 7.61. The van der Waals surface area contributed by atoms with E-state index in [4.69, 9.17) is 16.3 Å². The summed E-state index contributed by atoms with van der Waals surface area (Å²) in [5, 5.41) is 17.1. The molecule has 0 spiro atoms. The summed E-state index contributed by atoms with van der Waals surface area (Å²) in [6, 6.07) is 18.9. The number of nitrogens with zero attached hydrogens (tertiary/aromatic N) is 2. The first kappa shape index (κ1) is 25.3. The molecular weight excluding hydrogens is 468 g/mol. The van der Waals surface area contributed by atoms with Gasteiger partial charge in [-0.25, -0.2) is 5.43 Å². The number of benzene rings is 3. The predicted octanol–water partition coefficient (Wildman–Crippen LogP) is 4.04. The van der Waals surface area contributed by atoms with Crippen molar-refractivity contribution in [2.24, 2.45) is 5.10 Å². The summed E-state index contributed by atoms with van der Waals surface area (Å²) in [5.41, 5.74) is 4.69. The van der Waals surface area contributed by atoms with Crippen LogP contribution >= 0.6 is 11.6 Å². The Morgan fingerprint density at radius 3 is 2.37 bits per heavy atom. The van der Waals surface area contributed by atoms with Gasteiger partial charge in [0, 0.05) is 42.0 Å².